The summed E-state index contributed by atoms with van der Waals surface area (Å²) in [4.78, 5) is 5.06. The van der Waals surface area contributed by atoms with Crippen LogP contribution in [-0.2, 0) is 0 Å². The van der Waals surface area contributed by atoms with Gasteiger partial charge in [0, 0.05) is 53.0 Å². The molecule has 2 aromatic heterocycles. The molecule has 0 saturated carbocycles. The zero-order valence-electron chi connectivity index (χ0n) is 37.0. The molecule has 0 bridgehead atoms. The Morgan fingerprint density at radius 3 is 1.12 bits per heavy atom. The van der Waals surface area contributed by atoms with Crippen molar-refractivity contribution in [1.82, 2.24) is 0 Å². The molecular weight excluding hydrogens is 861 g/mol. The van der Waals surface area contributed by atoms with Gasteiger partial charge in [-0.2, -0.15) is 0 Å². The van der Waals surface area contributed by atoms with Gasteiger partial charge >= 0.3 is 0 Å². The molecule has 0 saturated heterocycles. The molecule has 68 heavy (non-hydrogen) atoms. The molecule has 4 heteroatoms. The summed E-state index contributed by atoms with van der Waals surface area (Å²) in [5, 5.41) is 7.48. The molecule has 0 fully saturated rings. The van der Waals surface area contributed by atoms with Gasteiger partial charge < -0.3 is 9.80 Å². The molecule has 0 radical (unpaired) electrons. The van der Waals surface area contributed by atoms with Gasteiger partial charge in [-0.1, -0.05) is 206 Å². The van der Waals surface area contributed by atoms with E-state index < -0.39 is 0 Å². The lowest BCUT2D eigenvalue weighted by molar-refractivity contribution is 1.29. The molecule has 0 aliphatic carbocycles. The number of benzene rings is 11. The molecule has 320 valence electrons. The third-order valence-electron chi connectivity index (χ3n) is 13.3. The van der Waals surface area contributed by atoms with Crippen molar-refractivity contribution in [3.05, 3.63) is 255 Å². The van der Waals surface area contributed by atoms with Crippen molar-refractivity contribution in [3.8, 4) is 33.4 Å². The number of rotatable bonds is 9. The van der Waals surface area contributed by atoms with Crippen LogP contribution in [0.1, 0.15) is 0 Å². The van der Waals surface area contributed by atoms with E-state index in [0.717, 1.165) is 56.4 Å². The van der Waals surface area contributed by atoms with Crippen molar-refractivity contribution in [2.24, 2.45) is 0 Å². The predicted octanol–water partition coefficient (Wildman–Crippen LogP) is 19.5. The van der Waals surface area contributed by atoms with E-state index in [1.54, 1.807) is 0 Å². The quantitative estimate of drug-likeness (QED) is 0.142. The van der Waals surface area contributed by atoms with Gasteiger partial charge in [-0.15, -0.1) is 22.7 Å². The molecular formula is C64H42N2S2. The first kappa shape index (κ1) is 40.0. The van der Waals surface area contributed by atoms with Crippen LogP contribution >= 0.6 is 22.7 Å². The van der Waals surface area contributed by atoms with Crippen molar-refractivity contribution in [2.45, 2.75) is 0 Å². The van der Waals surface area contributed by atoms with E-state index in [2.05, 4.69) is 265 Å². The number of hydrogen-bond acceptors (Lipinski definition) is 4. The highest BCUT2D eigenvalue weighted by Crippen LogP contribution is 2.53. The largest absolute Gasteiger partial charge is 0.309 e. The van der Waals surface area contributed by atoms with Gasteiger partial charge in [0.2, 0.25) is 0 Å². The highest BCUT2D eigenvalue weighted by Gasteiger charge is 2.27. The molecule has 0 N–H and O–H groups in total. The second-order valence-electron chi connectivity index (χ2n) is 17.1. The van der Waals surface area contributed by atoms with Gasteiger partial charge in [-0.3, -0.25) is 0 Å². The fraction of sp³-hybridized carbons (Fsp3) is 0. The normalized spacial score (nSPS) is 11.5. The second-order valence-corrected chi connectivity index (χ2v) is 19.2. The van der Waals surface area contributed by atoms with Gasteiger partial charge in [0.05, 0.1) is 43.5 Å². The minimum absolute atomic E-state index is 1.08. The molecule has 0 atom stereocenters. The van der Waals surface area contributed by atoms with E-state index >= 15 is 0 Å². The van der Waals surface area contributed by atoms with Gasteiger partial charge in [0.15, 0.2) is 0 Å². The summed E-state index contributed by atoms with van der Waals surface area (Å²) >= 11 is 3.75. The molecule has 2 heterocycles. The van der Waals surface area contributed by atoms with Crippen LogP contribution in [-0.4, -0.2) is 0 Å². The number of anilines is 6. The lowest BCUT2D eigenvalue weighted by Crippen LogP contribution is -2.14. The van der Waals surface area contributed by atoms with Crippen LogP contribution in [0.25, 0.3) is 84.5 Å². The maximum Gasteiger partial charge on any atom is 0.0641 e. The summed E-state index contributed by atoms with van der Waals surface area (Å²) in [7, 11) is 0. The van der Waals surface area contributed by atoms with E-state index in [1.807, 2.05) is 22.7 Å². The third-order valence-corrected chi connectivity index (χ3v) is 15.7. The molecule has 0 aliphatic heterocycles. The number of hydrogen-bond donors (Lipinski definition) is 0. The first-order valence-corrected chi connectivity index (χ1v) is 24.7. The van der Waals surface area contributed by atoms with Gasteiger partial charge in [-0.05, 0) is 70.6 Å². The Balaban J connectivity index is 1.10. The van der Waals surface area contributed by atoms with E-state index in [9.17, 15) is 0 Å². The number of nitrogens with zero attached hydrogens (tertiary/aromatic N) is 2. The summed E-state index contributed by atoms with van der Waals surface area (Å²) in [5.74, 6) is 0. The van der Waals surface area contributed by atoms with Crippen LogP contribution in [0, 0.1) is 0 Å². The zero-order chi connectivity index (χ0) is 45.0. The van der Waals surface area contributed by atoms with Crippen molar-refractivity contribution in [1.29, 1.82) is 0 Å². The summed E-state index contributed by atoms with van der Waals surface area (Å²) in [5.41, 5.74) is 13.7. The first-order chi connectivity index (χ1) is 33.8. The molecule has 0 aliphatic rings. The summed E-state index contributed by atoms with van der Waals surface area (Å²) in [6.07, 6.45) is 0. The highest BCUT2D eigenvalue weighted by atomic mass is 32.1. The number of fused-ring (bicyclic) bond motifs is 7. The van der Waals surface area contributed by atoms with E-state index in [0.29, 0.717) is 0 Å². The number of para-hydroxylation sites is 3. The molecule has 0 unspecified atom stereocenters. The van der Waals surface area contributed by atoms with Crippen LogP contribution in [0.15, 0.2) is 255 Å². The molecule has 0 amide bonds. The number of thiophene rings is 2. The maximum atomic E-state index is 2.55. The van der Waals surface area contributed by atoms with Crippen LogP contribution in [0.5, 0.6) is 0 Å². The topological polar surface area (TPSA) is 6.48 Å². The summed E-state index contributed by atoms with van der Waals surface area (Å²) in [6, 6.07) is 93.3. The van der Waals surface area contributed by atoms with Crippen LogP contribution in [0.3, 0.4) is 0 Å². The van der Waals surface area contributed by atoms with Crippen LogP contribution in [0.2, 0.25) is 0 Å². The van der Waals surface area contributed by atoms with Gasteiger partial charge in [0.1, 0.15) is 0 Å². The van der Waals surface area contributed by atoms with Crippen molar-refractivity contribution in [2.75, 3.05) is 9.80 Å². The Kier molecular flexibility index (Phi) is 9.93. The third kappa shape index (κ3) is 6.68. The average Bonchev–Trinajstić information content (AvgIpc) is 4.00. The fourth-order valence-corrected chi connectivity index (χ4v) is 12.7. The van der Waals surface area contributed by atoms with Crippen molar-refractivity contribution in [3.63, 3.8) is 0 Å². The maximum absolute atomic E-state index is 2.55. The monoisotopic (exact) mass is 902 g/mol. The molecule has 11 aromatic carbocycles. The van der Waals surface area contributed by atoms with Crippen LogP contribution < -0.4 is 9.80 Å². The molecule has 13 aromatic rings. The van der Waals surface area contributed by atoms with Crippen LogP contribution in [0.4, 0.5) is 34.1 Å². The van der Waals surface area contributed by atoms with Crippen molar-refractivity contribution < 1.29 is 0 Å². The fourth-order valence-electron chi connectivity index (χ4n) is 10.3. The Hall–Kier alpha value is -8.28. The molecule has 2 nitrogen and oxygen atoms in total. The first-order valence-electron chi connectivity index (χ1n) is 23.1. The van der Waals surface area contributed by atoms with E-state index in [4.69, 9.17) is 0 Å². The minimum atomic E-state index is 1.08. The lowest BCUT2D eigenvalue weighted by atomic mass is 9.94. The smallest absolute Gasteiger partial charge is 0.0641 e. The van der Waals surface area contributed by atoms with Gasteiger partial charge in [-0.25, -0.2) is 0 Å². The molecule has 13 rings (SSSR count). The Morgan fingerprint density at radius 1 is 0.206 bits per heavy atom. The second kappa shape index (κ2) is 16.9. The Labute approximate surface area is 403 Å². The lowest BCUT2D eigenvalue weighted by Gasteiger charge is -2.33. The standard InChI is InChI=1S/C64H42N2S2/c1-3-21-43(22-4-1)45-41-42-58(48-27-8-7-26-47(45)48)65(55-34-14-9-25-46(55)44-23-5-2-6-24-44)56-35-15-10-28-49(56)50-29-11-16-36-57(50)66(59-37-19-32-53-51-30-12-17-39-61(51)67-63(53)59)60-38-20-33-54-52-31-13-18-40-62(52)68-64(54)60/h1-42H. The summed E-state index contributed by atoms with van der Waals surface area (Å²) < 4.78 is 5.09. The molecule has 0 spiro atoms. The minimum Gasteiger partial charge on any atom is -0.309 e. The van der Waals surface area contributed by atoms with E-state index in [1.165, 1.54) is 62.2 Å². The zero-order valence-corrected chi connectivity index (χ0v) is 38.6. The van der Waals surface area contributed by atoms with Crippen molar-refractivity contribution >= 4 is 108 Å². The average molecular weight is 903 g/mol. The Morgan fingerprint density at radius 2 is 0.574 bits per heavy atom. The van der Waals surface area contributed by atoms with Gasteiger partial charge in [0.25, 0.3) is 0 Å². The SMILES string of the molecule is c1ccc(-c2ccccc2N(c2ccccc2-c2ccccc2N(c2cccc3c2sc2ccccc23)c2cccc3c2sc2ccccc23)c2ccc(-c3ccccc3)c3ccccc23)cc1. The predicted molar refractivity (Wildman–Crippen MR) is 295 cm³/mol. The van der Waals surface area contributed by atoms with E-state index in [-0.39, 0.29) is 0 Å². The highest BCUT2D eigenvalue weighted by molar-refractivity contribution is 7.27. The Bertz CT molecular complexity index is 3890. The summed E-state index contributed by atoms with van der Waals surface area (Å²) in [6.45, 7) is 0.